The maximum atomic E-state index is 11.3. The highest BCUT2D eigenvalue weighted by Crippen LogP contribution is 2.54. The average molecular weight is 185 g/mol. The van der Waals surface area contributed by atoms with Crippen molar-refractivity contribution < 1.29 is 4.79 Å². The van der Waals surface area contributed by atoms with Gasteiger partial charge in [0.15, 0.2) is 0 Å². The van der Waals surface area contributed by atoms with Crippen LogP contribution in [0.3, 0.4) is 0 Å². The summed E-state index contributed by atoms with van der Waals surface area (Å²) in [5.41, 5.74) is 1.09. The predicted molar refractivity (Wildman–Crippen MR) is 49.0 cm³/mol. The lowest BCUT2D eigenvalue weighted by atomic mass is 9.83. The van der Waals surface area contributed by atoms with Gasteiger partial charge in [-0.25, -0.2) is 0 Å². The third-order valence-corrected chi connectivity index (χ3v) is 3.76. The third kappa shape index (κ3) is 0.891. The number of carbonyl (C=O) groups excluding carboxylic acids is 1. The summed E-state index contributed by atoms with van der Waals surface area (Å²) in [6.07, 6.45) is 6.32. The number of halogens is 1. The van der Waals surface area contributed by atoms with Crippen LogP contribution in [0, 0.1) is 11.3 Å². The van der Waals surface area contributed by atoms with Crippen LogP contribution < -0.4 is 0 Å². The zero-order valence-electron chi connectivity index (χ0n) is 7.27. The Morgan fingerprint density at radius 3 is 3.00 bits per heavy atom. The Hall–Kier alpha value is -0.300. The minimum atomic E-state index is -0.235. The molecular weight excluding hydrogens is 172 g/mol. The molecule has 2 aliphatic carbocycles. The molecule has 12 heavy (non-hydrogen) atoms. The number of rotatable bonds is 1. The first kappa shape index (κ1) is 8.31. The monoisotopic (exact) mass is 184 g/mol. The molecule has 2 aliphatic rings. The second kappa shape index (κ2) is 2.59. The SMILES string of the molecule is C[C@H]1CC[C@@]2(C(=O)Cl)CCC=C12. The molecule has 0 aliphatic heterocycles. The van der Waals surface area contributed by atoms with Gasteiger partial charge in [0.05, 0.1) is 5.41 Å². The molecule has 0 aromatic heterocycles. The number of carbonyl (C=O) groups is 1. The van der Waals surface area contributed by atoms with E-state index in [1.807, 2.05) is 0 Å². The molecule has 1 saturated carbocycles. The Balaban J connectivity index is 2.38. The minimum absolute atomic E-state index is 0.129. The van der Waals surface area contributed by atoms with Gasteiger partial charge in [-0.05, 0) is 43.2 Å². The van der Waals surface area contributed by atoms with Gasteiger partial charge in [-0.2, -0.15) is 0 Å². The Morgan fingerprint density at radius 1 is 1.67 bits per heavy atom. The Bertz CT molecular complexity index is 257. The van der Waals surface area contributed by atoms with Crippen molar-refractivity contribution in [2.45, 2.75) is 32.6 Å². The summed E-state index contributed by atoms with van der Waals surface area (Å²) in [4.78, 5) is 11.3. The summed E-state index contributed by atoms with van der Waals surface area (Å²) in [6, 6.07) is 0. The lowest BCUT2D eigenvalue weighted by Crippen LogP contribution is -2.23. The van der Waals surface area contributed by atoms with E-state index in [1.165, 1.54) is 5.57 Å². The molecule has 0 aromatic rings. The summed E-state index contributed by atoms with van der Waals surface area (Å²) in [5.74, 6) is 0.579. The molecule has 1 fully saturated rings. The highest BCUT2D eigenvalue weighted by molar-refractivity contribution is 6.65. The minimum Gasteiger partial charge on any atom is -0.280 e. The maximum absolute atomic E-state index is 11.3. The quantitative estimate of drug-likeness (QED) is 0.453. The van der Waals surface area contributed by atoms with E-state index < -0.39 is 0 Å². The van der Waals surface area contributed by atoms with Gasteiger partial charge in [0.25, 0.3) is 0 Å². The smallest absolute Gasteiger partial charge is 0.231 e. The lowest BCUT2D eigenvalue weighted by Gasteiger charge is -2.21. The van der Waals surface area contributed by atoms with Crippen LogP contribution in [0.25, 0.3) is 0 Å². The first-order valence-corrected chi connectivity index (χ1v) is 4.95. The largest absolute Gasteiger partial charge is 0.280 e. The molecule has 0 heterocycles. The van der Waals surface area contributed by atoms with Crippen molar-refractivity contribution in [1.29, 1.82) is 0 Å². The van der Waals surface area contributed by atoms with Crippen LogP contribution >= 0.6 is 11.6 Å². The fraction of sp³-hybridized carbons (Fsp3) is 0.700. The first-order chi connectivity index (χ1) is 5.67. The normalized spacial score (nSPS) is 39.5. The Kier molecular flexibility index (Phi) is 1.80. The molecule has 0 bridgehead atoms. The van der Waals surface area contributed by atoms with Crippen molar-refractivity contribution in [2.24, 2.45) is 11.3 Å². The summed E-state index contributed by atoms with van der Waals surface area (Å²) in [7, 11) is 0. The van der Waals surface area contributed by atoms with Gasteiger partial charge in [-0.3, -0.25) is 4.79 Å². The molecule has 0 radical (unpaired) electrons. The van der Waals surface area contributed by atoms with Crippen molar-refractivity contribution in [1.82, 2.24) is 0 Å². The van der Waals surface area contributed by atoms with Crippen LogP contribution in [-0.2, 0) is 4.79 Å². The van der Waals surface area contributed by atoms with Crippen LogP contribution in [0.15, 0.2) is 11.6 Å². The van der Waals surface area contributed by atoms with Gasteiger partial charge < -0.3 is 0 Å². The lowest BCUT2D eigenvalue weighted by molar-refractivity contribution is -0.118. The van der Waals surface area contributed by atoms with E-state index in [1.54, 1.807) is 0 Å². The summed E-state index contributed by atoms with van der Waals surface area (Å²) < 4.78 is 0. The standard InChI is InChI=1S/C10H13ClO/c1-7-4-6-10(9(11)12)5-2-3-8(7)10/h3,7H,2,4-6H2,1H3/t7-,10-/m0/s1. The molecule has 0 amide bonds. The summed E-state index contributed by atoms with van der Waals surface area (Å²) in [5, 5.41) is -0.129. The second-order valence-electron chi connectivity index (χ2n) is 3.99. The number of hydrogen-bond acceptors (Lipinski definition) is 1. The molecule has 2 atom stereocenters. The van der Waals surface area contributed by atoms with Crippen molar-refractivity contribution in [2.75, 3.05) is 0 Å². The number of fused-ring (bicyclic) bond motifs is 1. The van der Waals surface area contributed by atoms with E-state index in [9.17, 15) is 4.79 Å². The average Bonchev–Trinajstić information content (AvgIpc) is 2.53. The van der Waals surface area contributed by atoms with Crippen LogP contribution in [0.2, 0.25) is 0 Å². The molecule has 0 N–H and O–H groups in total. The van der Waals surface area contributed by atoms with Gasteiger partial charge >= 0.3 is 0 Å². The first-order valence-electron chi connectivity index (χ1n) is 4.57. The van der Waals surface area contributed by atoms with Crippen LogP contribution in [0.1, 0.15) is 32.6 Å². The van der Waals surface area contributed by atoms with Crippen LogP contribution in [0.5, 0.6) is 0 Å². The zero-order valence-corrected chi connectivity index (χ0v) is 8.03. The fourth-order valence-electron chi connectivity index (χ4n) is 2.68. The van der Waals surface area contributed by atoms with Gasteiger partial charge in [0.1, 0.15) is 0 Å². The van der Waals surface area contributed by atoms with Crippen molar-refractivity contribution in [3.05, 3.63) is 11.6 Å². The van der Waals surface area contributed by atoms with E-state index in [4.69, 9.17) is 11.6 Å². The van der Waals surface area contributed by atoms with E-state index in [-0.39, 0.29) is 10.7 Å². The van der Waals surface area contributed by atoms with E-state index >= 15 is 0 Å². The molecule has 2 heteroatoms. The highest BCUT2D eigenvalue weighted by Gasteiger charge is 2.48. The van der Waals surface area contributed by atoms with Crippen molar-refractivity contribution in [3.63, 3.8) is 0 Å². The van der Waals surface area contributed by atoms with Gasteiger partial charge in [-0.1, -0.05) is 18.6 Å². The highest BCUT2D eigenvalue weighted by atomic mass is 35.5. The molecule has 1 nitrogen and oxygen atoms in total. The topological polar surface area (TPSA) is 17.1 Å². The second-order valence-corrected chi connectivity index (χ2v) is 4.34. The molecule has 0 aromatic carbocycles. The molecular formula is C10H13ClO. The Labute approximate surface area is 77.8 Å². The third-order valence-electron chi connectivity index (χ3n) is 3.40. The van der Waals surface area contributed by atoms with Gasteiger partial charge in [0, 0.05) is 0 Å². The molecule has 0 unspecified atom stereocenters. The van der Waals surface area contributed by atoms with Gasteiger partial charge in [0.2, 0.25) is 5.24 Å². The maximum Gasteiger partial charge on any atom is 0.231 e. The van der Waals surface area contributed by atoms with Crippen molar-refractivity contribution in [3.8, 4) is 0 Å². The number of allylic oxidation sites excluding steroid dienone is 2. The van der Waals surface area contributed by atoms with E-state index in [2.05, 4.69) is 13.0 Å². The summed E-state index contributed by atoms with van der Waals surface area (Å²) in [6.45, 7) is 2.19. The molecule has 0 saturated heterocycles. The zero-order chi connectivity index (χ0) is 8.77. The number of hydrogen-bond donors (Lipinski definition) is 0. The predicted octanol–water partition coefficient (Wildman–Crippen LogP) is 2.89. The van der Waals surface area contributed by atoms with Crippen LogP contribution in [-0.4, -0.2) is 5.24 Å². The fourth-order valence-corrected chi connectivity index (χ4v) is 2.98. The molecule has 0 spiro atoms. The summed E-state index contributed by atoms with van der Waals surface area (Å²) >= 11 is 5.66. The Morgan fingerprint density at radius 2 is 2.42 bits per heavy atom. The molecule has 66 valence electrons. The van der Waals surface area contributed by atoms with E-state index in [0.29, 0.717) is 5.92 Å². The van der Waals surface area contributed by atoms with E-state index in [0.717, 1.165) is 25.7 Å². The van der Waals surface area contributed by atoms with Gasteiger partial charge in [-0.15, -0.1) is 0 Å². The van der Waals surface area contributed by atoms with Crippen LogP contribution in [0.4, 0.5) is 0 Å². The molecule has 2 rings (SSSR count). The van der Waals surface area contributed by atoms with Crippen molar-refractivity contribution >= 4 is 16.8 Å².